The molecule has 0 aliphatic carbocycles. The number of hydrogen-bond acceptors (Lipinski definition) is 10. The Kier molecular flexibility index (Phi) is 23.5. The summed E-state index contributed by atoms with van der Waals surface area (Å²) in [6, 6.07) is 7.45. The van der Waals surface area contributed by atoms with Gasteiger partial charge in [0.1, 0.15) is 0 Å². The van der Waals surface area contributed by atoms with E-state index in [1.807, 2.05) is 27.7 Å². The fourth-order valence-electron chi connectivity index (χ4n) is 4.80. The van der Waals surface area contributed by atoms with Crippen molar-refractivity contribution < 1.29 is 37.6 Å². The first-order chi connectivity index (χ1) is 22.6. The number of nitriles is 1. The van der Waals surface area contributed by atoms with Gasteiger partial charge in [-0.2, -0.15) is 5.26 Å². The van der Waals surface area contributed by atoms with Crippen LogP contribution in [-0.4, -0.2) is 87.3 Å². The highest BCUT2D eigenvalue weighted by atomic mass is 31.2. The Balaban J connectivity index is 3.12. The summed E-state index contributed by atoms with van der Waals surface area (Å²) < 4.78 is 36.9. The van der Waals surface area contributed by atoms with E-state index in [0.29, 0.717) is 81.9 Å². The predicted molar refractivity (Wildman–Crippen MR) is 184 cm³/mol. The summed E-state index contributed by atoms with van der Waals surface area (Å²) in [6.45, 7) is 19.3. The molecule has 1 unspecified atom stereocenters. The van der Waals surface area contributed by atoms with Crippen molar-refractivity contribution in [3.8, 4) is 6.07 Å². The number of nitrogens with zero attached hydrogens (tertiary/aromatic N) is 2. The summed E-state index contributed by atoms with van der Waals surface area (Å²) >= 11 is 0. The van der Waals surface area contributed by atoms with Crippen LogP contribution in [0.25, 0.3) is 0 Å². The van der Waals surface area contributed by atoms with Gasteiger partial charge in [0.15, 0.2) is 12.6 Å². The molecule has 0 heterocycles. The topological polar surface area (TPSA) is 141 Å². The van der Waals surface area contributed by atoms with Gasteiger partial charge >= 0.3 is 0 Å². The number of ether oxygens (including phenoxy) is 4. The van der Waals surface area contributed by atoms with E-state index in [2.05, 4.69) is 49.1 Å². The highest BCUT2D eigenvalue weighted by Gasteiger charge is 2.27. The normalized spacial score (nSPS) is 12.3. The molecule has 1 aromatic carbocycles. The first-order valence-corrected chi connectivity index (χ1v) is 18.1. The predicted octanol–water partition coefficient (Wildman–Crippen LogP) is 6.30. The molecule has 0 saturated heterocycles. The van der Waals surface area contributed by atoms with Gasteiger partial charge in [-0.1, -0.05) is 0 Å². The van der Waals surface area contributed by atoms with Gasteiger partial charge in [0, 0.05) is 75.6 Å². The molecule has 47 heavy (non-hydrogen) atoms. The number of carbonyl (C=O) groups is 2. The lowest BCUT2D eigenvalue weighted by Crippen LogP contribution is -2.33. The maximum atomic E-state index is 13.3. The Labute approximate surface area is 284 Å². The minimum Gasteiger partial charge on any atom is -0.353 e. The van der Waals surface area contributed by atoms with E-state index in [4.69, 9.17) is 33.3 Å². The first-order valence-electron chi connectivity index (χ1n) is 17.0. The van der Waals surface area contributed by atoms with E-state index in [0.717, 1.165) is 0 Å². The van der Waals surface area contributed by atoms with Crippen LogP contribution in [0.15, 0.2) is 18.2 Å². The second-order valence-corrected chi connectivity index (χ2v) is 12.7. The van der Waals surface area contributed by atoms with Crippen LogP contribution in [0.1, 0.15) is 114 Å². The number of hydrogen-bond donors (Lipinski definition) is 2. The fourth-order valence-corrected chi connectivity index (χ4v) is 6.40. The number of amides is 2. The maximum absolute atomic E-state index is 13.3. The molecule has 0 spiro atoms. The fraction of sp³-hybridized carbons (Fsp3) is 0.735. The monoisotopic (exact) mass is 682 g/mol. The zero-order chi connectivity index (χ0) is 35.0. The highest BCUT2D eigenvalue weighted by Crippen LogP contribution is 2.46. The highest BCUT2D eigenvalue weighted by molar-refractivity contribution is 7.44. The molecule has 268 valence electrons. The summed E-state index contributed by atoms with van der Waals surface area (Å²) in [4.78, 5) is 26.6. The molecular weight excluding hydrogens is 623 g/mol. The Morgan fingerprint density at radius 3 is 1.60 bits per heavy atom. The SMILES string of the molecule is CCOC(CCCNC(=O)c1cc(COP(OCCC#N)N(C(C)C)C(C)C)cc(C(=O)NCCCC(OCC)OCC)c1)OCC. The molecule has 0 aromatic heterocycles. The zero-order valence-corrected chi connectivity index (χ0v) is 30.7. The van der Waals surface area contributed by atoms with E-state index in [-0.39, 0.29) is 56.1 Å². The van der Waals surface area contributed by atoms with Crippen LogP contribution in [-0.2, 0) is 34.6 Å². The number of nitrogens with one attached hydrogen (secondary N) is 2. The third kappa shape index (κ3) is 17.7. The van der Waals surface area contributed by atoms with Gasteiger partial charge in [-0.05, 0) is 92.0 Å². The molecule has 0 bridgehead atoms. The largest absolute Gasteiger partial charge is 0.353 e. The summed E-state index contributed by atoms with van der Waals surface area (Å²) in [5.74, 6) is -0.583. The quantitative estimate of drug-likeness (QED) is 0.0617. The van der Waals surface area contributed by atoms with E-state index in [9.17, 15) is 9.59 Å². The van der Waals surface area contributed by atoms with Crippen LogP contribution in [0, 0.1) is 11.3 Å². The minimum absolute atomic E-state index is 0.115. The Bertz CT molecular complexity index is 981. The maximum Gasteiger partial charge on any atom is 0.259 e. The lowest BCUT2D eigenvalue weighted by atomic mass is 10.0. The molecule has 1 atom stereocenters. The molecule has 1 rings (SSSR count). The second-order valence-electron chi connectivity index (χ2n) is 11.2. The molecule has 0 saturated carbocycles. The van der Waals surface area contributed by atoms with Gasteiger partial charge in [0.05, 0.1) is 25.7 Å². The van der Waals surface area contributed by atoms with Crippen LogP contribution in [0.3, 0.4) is 0 Å². The van der Waals surface area contributed by atoms with Gasteiger partial charge in [0.25, 0.3) is 20.3 Å². The zero-order valence-electron chi connectivity index (χ0n) is 29.8. The third-order valence-corrected chi connectivity index (χ3v) is 8.79. The van der Waals surface area contributed by atoms with Crippen molar-refractivity contribution in [2.75, 3.05) is 46.1 Å². The number of carbonyl (C=O) groups excluding carboxylic acids is 2. The average Bonchev–Trinajstić information content (AvgIpc) is 3.03. The summed E-state index contributed by atoms with van der Waals surface area (Å²) in [5.41, 5.74) is 1.37. The van der Waals surface area contributed by atoms with Crippen LogP contribution in [0.2, 0.25) is 0 Å². The van der Waals surface area contributed by atoms with Crippen LogP contribution in [0.4, 0.5) is 0 Å². The average molecular weight is 683 g/mol. The van der Waals surface area contributed by atoms with Crippen molar-refractivity contribution in [1.82, 2.24) is 15.3 Å². The minimum atomic E-state index is -1.50. The van der Waals surface area contributed by atoms with E-state index in [1.165, 1.54) is 0 Å². The van der Waals surface area contributed by atoms with E-state index in [1.54, 1.807) is 18.2 Å². The molecule has 2 N–H and O–H groups in total. The lowest BCUT2D eigenvalue weighted by Gasteiger charge is -2.35. The Hall–Kier alpha value is -2.20. The van der Waals surface area contributed by atoms with Crippen molar-refractivity contribution in [1.29, 1.82) is 5.26 Å². The van der Waals surface area contributed by atoms with Gasteiger partial charge < -0.3 is 38.6 Å². The van der Waals surface area contributed by atoms with Crippen molar-refractivity contribution in [3.05, 3.63) is 34.9 Å². The molecule has 1 aromatic rings. The number of rotatable bonds is 27. The van der Waals surface area contributed by atoms with Gasteiger partial charge in [-0.25, -0.2) is 4.67 Å². The Morgan fingerprint density at radius 2 is 1.21 bits per heavy atom. The molecular formula is C34H59N4O8P. The molecule has 0 radical (unpaired) electrons. The molecule has 13 heteroatoms. The second kappa shape index (κ2) is 25.8. The Morgan fingerprint density at radius 1 is 0.766 bits per heavy atom. The van der Waals surface area contributed by atoms with Crippen LogP contribution in [0.5, 0.6) is 0 Å². The third-order valence-electron chi connectivity index (χ3n) is 6.74. The van der Waals surface area contributed by atoms with Crippen LogP contribution < -0.4 is 10.6 Å². The lowest BCUT2D eigenvalue weighted by molar-refractivity contribution is -0.140. The molecule has 2 amide bonds. The van der Waals surface area contributed by atoms with Gasteiger partial charge in [0.2, 0.25) is 0 Å². The van der Waals surface area contributed by atoms with Crippen molar-refractivity contribution in [2.24, 2.45) is 0 Å². The first kappa shape index (κ1) is 42.8. The van der Waals surface area contributed by atoms with Gasteiger partial charge in [-0.3, -0.25) is 9.59 Å². The summed E-state index contributed by atoms with van der Waals surface area (Å²) in [7, 11) is -1.50. The summed E-state index contributed by atoms with van der Waals surface area (Å²) in [5, 5.41) is 15.0. The molecule has 0 fully saturated rings. The van der Waals surface area contributed by atoms with Crippen LogP contribution >= 0.6 is 8.53 Å². The van der Waals surface area contributed by atoms with E-state index >= 15 is 0 Å². The standard InChI is InChI=1S/C34H59N4O8P/c1-9-41-31(42-10-2)16-13-19-36-33(39)29-22-28(25-46-47(45-21-15-18-35)38(26(5)6)27(7)8)23-30(24-29)34(40)37-20-14-17-32(43-11-3)44-12-4/h22-24,26-27,31-32H,9-17,19-21,25H2,1-8H3,(H,36,39)(H,37,40). The molecule has 12 nitrogen and oxygen atoms in total. The smallest absolute Gasteiger partial charge is 0.259 e. The molecule has 0 aliphatic heterocycles. The van der Waals surface area contributed by atoms with Gasteiger partial charge in [-0.15, -0.1) is 0 Å². The van der Waals surface area contributed by atoms with Crippen molar-refractivity contribution in [2.45, 2.75) is 119 Å². The number of benzene rings is 1. The van der Waals surface area contributed by atoms with Crippen molar-refractivity contribution >= 4 is 20.3 Å². The van der Waals surface area contributed by atoms with E-state index < -0.39 is 8.53 Å². The summed E-state index contributed by atoms with van der Waals surface area (Å²) in [6.07, 6.45) is 2.26. The molecule has 0 aliphatic rings. The van der Waals surface area contributed by atoms with Crippen molar-refractivity contribution in [3.63, 3.8) is 0 Å².